The Labute approximate surface area is 146 Å². The number of aromatic nitrogens is 4. The van der Waals surface area contributed by atoms with Gasteiger partial charge in [-0.05, 0) is 25.2 Å². The number of rotatable bonds is 5. The largest absolute Gasteiger partial charge is 0.468 e. The smallest absolute Gasteiger partial charge is 0.323 e. The molecular weight excluding hydrogens is 322 g/mol. The number of hydrogen-bond acceptors (Lipinski definition) is 7. The molecule has 2 aromatic rings. The van der Waals surface area contributed by atoms with Gasteiger partial charge in [-0.15, -0.1) is 5.10 Å². The first-order valence-electron chi connectivity index (χ1n) is 8.86. The molecule has 4 rings (SSSR count). The van der Waals surface area contributed by atoms with Gasteiger partial charge >= 0.3 is 5.97 Å². The highest BCUT2D eigenvalue weighted by Gasteiger charge is 2.45. The van der Waals surface area contributed by atoms with Crippen molar-refractivity contribution in [2.75, 3.05) is 7.11 Å². The summed E-state index contributed by atoms with van der Waals surface area (Å²) in [5.41, 5.74) is 1.67. The summed E-state index contributed by atoms with van der Waals surface area (Å²) in [6, 6.07) is 2.08. The minimum absolute atomic E-state index is 0.135. The molecule has 0 amide bonds. The van der Waals surface area contributed by atoms with Crippen molar-refractivity contribution in [2.45, 2.75) is 57.3 Å². The maximum absolute atomic E-state index is 12.3. The zero-order valence-corrected chi connectivity index (χ0v) is 14.4. The fraction of sp³-hybridized carbons (Fsp3) is 0.647. The lowest BCUT2D eigenvalue weighted by Gasteiger charge is -2.32. The third kappa shape index (κ3) is 3.30. The number of fused-ring (bicyclic) bond motifs is 1. The Hall–Kier alpha value is -2.22. The van der Waals surface area contributed by atoms with E-state index >= 15 is 0 Å². The zero-order valence-electron chi connectivity index (χ0n) is 14.4. The van der Waals surface area contributed by atoms with Crippen molar-refractivity contribution < 1.29 is 14.1 Å². The van der Waals surface area contributed by atoms with Gasteiger partial charge in [-0.2, -0.15) is 0 Å². The van der Waals surface area contributed by atoms with E-state index in [-0.39, 0.29) is 12.0 Å². The Balaban J connectivity index is 1.49. The Morgan fingerprint density at radius 1 is 1.32 bits per heavy atom. The quantitative estimate of drug-likeness (QED) is 0.761. The second-order valence-corrected chi connectivity index (χ2v) is 6.96. The molecule has 2 aliphatic rings. The molecule has 0 radical (unpaired) electrons. The van der Waals surface area contributed by atoms with Crippen LogP contribution in [0.15, 0.2) is 23.0 Å². The topological polar surface area (TPSA) is 86.3 Å². The minimum atomic E-state index is -0.168. The number of likely N-dealkylation sites (tertiary alicyclic amines) is 1. The lowest BCUT2D eigenvalue weighted by molar-refractivity contribution is -0.146. The summed E-state index contributed by atoms with van der Waals surface area (Å²) in [6.07, 6.45) is 9.19. The van der Waals surface area contributed by atoms with Crippen LogP contribution in [0.3, 0.4) is 0 Å². The van der Waals surface area contributed by atoms with E-state index in [0.29, 0.717) is 25.0 Å². The molecule has 25 heavy (non-hydrogen) atoms. The average Bonchev–Trinajstić information content (AvgIpc) is 3.36. The lowest BCUT2D eigenvalue weighted by atomic mass is 9.85. The molecule has 2 fully saturated rings. The van der Waals surface area contributed by atoms with Crippen LogP contribution in [0.5, 0.6) is 0 Å². The van der Waals surface area contributed by atoms with Gasteiger partial charge in [0, 0.05) is 18.7 Å². The van der Waals surface area contributed by atoms with E-state index in [1.54, 1.807) is 10.9 Å². The van der Waals surface area contributed by atoms with Crippen molar-refractivity contribution in [2.24, 2.45) is 5.92 Å². The molecule has 134 valence electrons. The van der Waals surface area contributed by atoms with Crippen LogP contribution in [-0.4, -0.2) is 50.2 Å². The predicted molar refractivity (Wildman–Crippen MR) is 87.3 cm³/mol. The molecular formula is C17H23N5O3. The summed E-state index contributed by atoms with van der Waals surface area (Å²) in [5.74, 6) is 0.451. The molecule has 1 saturated carbocycles. The highest BCUT2D eigenvalue weighted by molar-refractivity contribution is 5.76. The first-order chi connectivity index (χ1) is 12.2. The van der Waals surface area contributed by atoms with Gasteiger partial charge in [0.15, 0.2) is 0 Å². The third-order valence-corrected chi connectivity index (χ3v) is 5.44. The molecule has 1 aliphatic carbocycles. The number of carbonyl (C=O) groups is 1. The highest BCUT2D eigenvalue weighted by Crippen LogP contribution is 2.40. The van der Waals surface area contributed by atoms with Crippen LogP contribution in [0, 0.1) is 5.92 Å². The Morgan fingerprint density at radius 3 is 3.00 bits per heavy atom. The van der Waals surface area contributed by atoms with Gasteiger partial charge in [0.2, 0.25) is 0 Å². The summed E-state index contributed by atoms with van der Waals surface area (Å²) in [7, 11) is 1.47. The van der Waals surface area contributed by atoms with E-state index in [0.717, 1.165) is 24.2 Å². The van der Waals surface area contributed by atoms with Gasteiger partial charge < -0.3 is 9.26 Å². The molecule has 0 aromatic carbocycles. The van der Waals surface area contributed by atoms with Crippen LogP contribution in [0.4, 0.5) is 0 Å². The van der Waals surface area contributed by atoms with Crippen molar-refractivity contribution in [3.05, 3.63) is 29.9 Å². The minimum Gasteiger partial charge on any atom is -0.468 e. The van der Waals surface area contributed by atoms with Crippen LogP contribution in [0.1, 0.15) is 43.5 Å². The molecule has 3 unspecified atom stereocenters. The monoisotopic (exact) mass is 345 g/mol. The van der Waals surface area contributed by atoms with Crippen molar-refractivity contribution in [3.8, 4) is 0 Å². The molecule has 3 heterocycles. The van der Waals surface area contributed by atoms with E-state index in [1.165, 1.54) is 26.4 Å². The number of ether oxygens (including phenoxy) is 1. The van der Waals surface area contributed by atoms with E-state index in [4.69, 9.17) is 9.26 Å². The van der Waals surface area contributed by atoms with Crippen molar-refractivity contribution in [1.82, 2.24) is 25.1 Å². The Bertz CT molecular complexity index is 714. The summed E-state index contributed by atoms with van der Waals surface area (Å²) < 4.78 is 11.6. The molecule has 0 N–H and O–H groups in total. The first-order valence-corrected chi connectivity index (χ1v) is 8.86. The summed E-state index contributed by atoms with van der Waals surface area (Å²) in [5, 5.41) is 12.3. The van der Waals surface area contributed by atoms with Gasteiger partial charge in [0.1, 0.15) is 18.0 Å². The summed E-state index contributed by atoms with van der Waals surface area (Å²) in [6.45, 7) is 1.15. The normalized spacial score (nSPS) is 26.5. The number of methoxy groups -OCH3 is 1. The fourth-order valence-electron chi connectivity index (χ4n) is 4.31. The highest BCUT2D eigenvalue weighted by atomic mass is 16.5. The van der Waals surface area contributed by atoms with Crippen LogP contribution < -0.4 is 0 Å². The molecule has 0 bridgehead atoms. The second-order valence-electron chi connectivity index (χ2n) is 6.96. The fourth-order valence-corrected chi connectivity index (χ4v) is 4.31. The van der Waals surface area contributed by atoms with Gasteiger partial charge in [0.25, 0.3) is 0 Å². The van der Waals surface area contributed by atoms with Crippen LogP contribution >= 0.6 is 0 Å². The Morgan fingerprint density at radius 2 is 2.20 bits per heavy atom. The van der Waals surface area contributed by atoms with Crippen molar-refractivity contribution in [3.63, 3.8) is 0 Å². The molecule has 8 heteroatoms. The van der Waals surface area contributed by atoms with Crippen molar-refractivity contribution >= 4 is 5.97 Å². The van der Waals surface area contributed by atoms with Gasteiger partial charge in [-0.3, -0.25) is 9.69 Å². The maximum atomic E-state index is 12.3. The second kappa shape index (κ2) is 6.95. The van der Waals surface area contributed by atoms with Crippen LogP contribution in [-0.2, 0) is 22.6 Å². The van der Waals surface area contributed by atoms with Gasteiger partial charge in [-0.25, -0.2) is 4.68 Å². The zero-order chi connectivity index (χ0) is 17.2. The number of nitrogens with zero attached hydrogens (tertiary/aromatic N) is 5. The van der Waals surface area contributed by atoms with E-state index in [9.17, 15) is 4.79 Å². The average molecular weight is 345 g/mol. The SMILES string of the molecule is COC(=O)C1CC2CCCCC2N1Cc1cn(Cc2ccon2)nn1. The number of hydrogen-bond donors (Lipinski definition) is 0. The summed E-state index contributed by atoms with van der Waals surface area (Å²) >= 11 is 0. The standard InChI is InChI=1S/C17H23N5O3/c1-24-17(23)16-8-12-4-2-3-5-15(12)22(16)11-14-10-21(20-18-14)9-13-6-7-25-19-13/h6-7,10,12,15-16H,2-5,8-9,11H2,1H3. The van der Waals surface area contributed by atoms with Crippen LogP contribution in [0.25, 0.3) is 0 Å². The molecule has 1 aliphatic heterocycles. The summed E-state index contributed by atoms with van der Waals surface area (Å²) in [4.78, 5) is 14.5. The van der Waals surface area contributed by atoms with E-state index in [1.807, 2.05) is 12.3 Å². The van der Waals surface area contributed by atoms with Crippen LogP contribution in [0.2, 0.25) is 0 Å². The Kier molecular flexibility index (Phi) is 4.52. The predicted octanol–water partition coefficient (Wildman–Crippen LogP) is 1.62. The third-order valence-electron chi connectivity index (χ3n) is 5.44. The molecule has 8 nitrogen and oxygen atoms in total. The molecule has 2 aromatic heterocycles. The number of esters is 1. The molecule has 1 saturated heterocycles. The van der Waals surface area contributed by atoms with Gasteiger partial charge in [-0.1, -0.05) is 23.2 Å². The first kappa shape index (κ1) is 16.3. The van der Waals surface area contributed by atoms with Crippen molar-refractivity contribution in [1.29, 1.82) is 0 Å². The molecule has 3 atom stereocenters. The van der Waals surface area contributed by atoms with E-state index < -0.39 is 0 Å². The maximum Gasteiger partial charge on any atom is 0.323 e. The molecule has 0 spiro atoms. The lowest BCUT2D eigenvalue weighted by Crippen LogP contribution is -2.42. The van der Waals surface area contributed by atoms with E-state index in [2.05, 4.69) is 20.4 Å². The number of carbonyl (C=O) groups excluding carboxylic acids is 1. The van der Waals surface area contributed by atoms with Gasteiger partial charge in [0.05, 0.1) is 25.5 Å².